The van der Waals surface area contributed by atoms with Crippen molar-refractivity contribution in [1.82, 2.24) is 4.98 Å². The van der Waals surface area contributed by atoms with Crippen LogP contribution in [0.5, 0.6) is 11.5 Å². The summed E-state index contributed by atoms with van der Waals surface area (Å²) >= 11 is 1.74. The van der Waals surface area contributed by atoms with Crippen molar-refractivity contribution in [3.05, 3.63) is 33.8 Å². The summed E-state index contributed by atoms with van der Waals surface area (Å²) < 4.78 is 11.4. The van der Waals surface area contributed by atoms with Crippen LogP contribution in [0, 0.1) is 13.8 Å². The van der Waals surface area contributed by atoms with Gasteiger partial charge in [0.2, 0.25) is 0 Å². The Bertz CT molecular complexity index is 639. The zero-order valence-electron chi connectivity index (χ0n) is 12.6. The Morgan fingerprint density at radius 1 is 1.19 bits per heavy atom. The number of fused-ring (bicyclic) bond motifs is 1. The molecule has 1 atom stereocenters. The van der Waals surface area contributed by atoms with Gasteiger partial charge in [-0.25, -0.2) is 4.98 Å². The van der Waals surface area contributed by atoms with E-state index in [0.29, 0.717) is 6.61 Å². The molecule has 1 aromatic carbocycles. The molecule has 1 aromatic heterocycles. The van der Waals surface area contributed by atoms with E-state index in [1.54, 1.807) is 11.3 Å². The molecule has 0 bridgehead atoms. The minimum absolute atomic E-state index is 0.223. The molecule has 0 fully saturated rings. The average molecular weight is 304 g/mol. The van der Waals surface area contributed by atoms with Crippen molar-refractivity contribution >= 4 is 17.0 Å². The topological polar surface area (TPSA) is 43.4 Å². The zero-order chi connectivity index (χ0) is 14.8. The van der Waals surface area contributed by atoms with E-state index in [1.165, 1.54) is 4.88 Å². The molecule has 1 aliphatic rings. The number of nitrogens with one attached hydrogen (secondary N) is 1. The van der Waals surface area contributed by atoms with Gasteiger partial charge in [-0.1, -0.05) is 0 Å². The molecule has 0 radical (unpaired) electrons. The fraction of sp³-hybridized carbons (Fsp3) is 0.438. The third kappa shape index (κ3) is 3.13. The Kier molecular flexibility index (Phi) is 4.01. The number of anilines is 1. The number of nitrogens with zero attached hydrogens (tertiary/aromatic N) is 1. The molecule has 0 saturated heterocycles. The average Bonchev–Trinajstić information content (AvgIpc) is 2.66. The fourth-order valence-electron chi connectivity index (χ4n) is 2.52. The zero-order valence-corrected chi connectivity index (χ0v) is 13.4. The second kappa shape index (κ2) is 5.93. The second-order valence-corrected chi connectivity index (χ2v) is 6.50. The molecule has 1 aliphatic heterocycles. The van der Waals surface area contributed by atoms with E-state index < -0.39 is 0 Å². The summed E-state index contributed by atoms with van der Waals surface area (Å²) in [7, 11) is 0. The lowest BCUT2D eigenvalue weighted by molar-refractivity contribution is 0.297. The highest BCUT2D eigenvalue weighted by Gasteiger charge is 2.15. The second-order valence-electron chi connectivity index (χ2n) is 5.26. The van der Waals surface area contributed by atoms with Crippen LogP contribution >= 0.6 is 11.3 Å². The number of rotatable bonds is 3. The van der Waals surface area contributed by atoms with E-state index in [1.807, 2.05) is 25.1 Å². The van der Waals surface area contributed by atoms with Crippen LogP contribution in [0.4, 0.5) is 5.69 Å². The van der Waals surface area contributed by atoms with Crippen LogP contribution in [0.3, 0.4) is 0 Å². The maximum atomic E-state index is 5.73. The van der Waals surface area contributed by atoms with Crippen LogP contribution in [0.15, 0.2) is 18.2 Å². The van der Waals surface area contributed by atoms with Gasteiger partial charge in [0.25, 0.3) is 0 Å². The van der Waals surface area contributed by atoms with Gasteiger partial charge in [-0.2, -0.15) is 0 Å². The van der Waals surface area contributed by atoms with Gasteiger partial charge in [0.15, 0.2) is 11.5 Å². The molecule has 0 saturated carbocycles. The van der Waals surface area contributed by atoms with Crippen molar-refractivity contribution in [3.63, 3.8) is 0 Å². The summed E-state index contributed by atoms with van der Waals surface area (Å²) in [4.78, 5) is 5.77. The molecule has 112 valence electrons. The lowest BCUT2D eigenvalue weighted by Crippen LogP contribution is -2.06. The lowest BCUT2D eigenvalue weighted by Gasteiger charge is -2.16. The van der Waals surface area contributed by atoms with E-state index in [2.05, 4.69) is 24.1 Å². The SMILES string of the molecule is Cc1nc(C)c(C(C)Nc2ccc3c(c2)OCCCO3)s1. The van der Waals surface area contributed by atoms with Gasteiger partial charge in [-0.05, 0) is 32.9 Å². The highest BCUT2D eigenvalue weighted by molar-refractivity contribution is 7.11. The highest BCUT2D eigenvalue weighted by atomic mass is 32.1. The summed E-state index contributed by atoms with van der Waals surface area (Å²) in [6.45, 7) is 7.68. The Morgan fingerprint density at radius 3 is 2.67 bits per heavy atom. The first-order chi connectivity index (χ1) is 10.1. The van der Waals surface area contributed by atoms with E-state index in [-0.39, 0.29) is 6.04 Å². The first-order valence-electron chi connectivity index (χ1n) is 7.23. The number of ether oxygens (including phenoxy) is 2. The molecule has 5 heteroatoms. The third-order valence-electron chi connectivity index (χ3n) is 3.46. The molecule has 2 heterocycles. The fourth-order valence-corrected chi connectivity index (χ4v) is 3.45. The van der Waals surface area contributed by atoms with E-state index >= 15 is 0 Å². The van der Waals surface area contributed by atoms with Crippen molar-refractivity contribution in [2.45, 2.75) is 33.2 Å². The van der Waals surface area contributed by atoms with Crippen LogP contribution < -0.4 is 14.8 Å². The normalized spacial score (nSPS) is 15.4. The van der Waals surface area contributed by atoms with Crippen molar-refractivity contribution in [3.8, 4) is 11.5 Å². The minimum Gasteiger partial charge on any atom is -0.490 e. The first-order valence-corrected chi connectivity index (χ1v) is 8.05. The molecular formula is C16H20N2O2S. The van der Waals surface area contributed by atoms with Crippen LogP contribution in [-0.4, -0.2) is 18.2 Å². The molecule has 0 aliphatic carbocycles. The van der Waals surface area contributed by atoms with Gasteiger partial charge in [0, 0.05) is 23.1 Å². The number of hydrogen-bond donors (Lipinski definition) is 1. The summed E-state index contributed by atoms with van der Waals surface area (Å²) in [5, 5.41) is 4.62. The van der Waals surface area contributed by atoms with Gasteiger partial charge in [0.1, 0.15) is 0 Å². The Hall–Kier alpha value is -1.75. The number of aromatic nitrogens is 1. The van der Waals surface area contributed by atoms with Crippen LogP contribution in [0.1, 0.15) is 35.0 Å². The van der Waals surface area contributed by atoms with E-state index in [4.69, 9.17) is 9.47 Å². The molecule has 1 unspecified atom stereocenters. The molecule has 21 heavy (non-hydrogen) atoms. The first kappa shape index (κ1) is 14.2. The molecular weight excluding hydrogens is 284 g/mol. The summed E-state index contributed by atoms with van der Waals surface area (Å²) in [6, 6.07) is 6.25. The Morgan fingerprint density at radius 2 is 1.95 bits per heavy atom. The van der Waals surface area contributed by atoms with Gasteiger partial charge in [-0.15, -0.1) is 11.3 Å². The van der Waals surface area contributed by atoms with Crippen LogP contribution in [0.25, 0.3) is 0 Å². The molecule has 3 rings (SSSR count). The maximum absolute atomic E-state index is 5.73. The summed E-state index contributed by atoms with van der Waals surface area (Å²) in [5.41, 5.74) is 2.14. The van der Waals surface area contributed by atoms with Crippen LogP contribution in [-0.2, 0) is 0 Å². The van der Waals surface area contributed by atoms with Crippen LogP contribution in [0.2, 0.25) is 0 Å². The molecule has 2 aromatic rings. The Labute approximate surface area is 129 Å². The number of aryl methyl sites for hydroxylation is 2. The number of hydrogen-bond acceptors (Lipinski definition) is 5. The lowest BCUT2D eigenvalue weighted by atomic mass is 10.2. The standard InChI is InChI=1S/C16H20N2O2S/c1-10-16(21-12(3)17-10)11(2)18-13-5-6-14-15(9-13)20-8-4-7-19-14/h5-6,9,11,18H,4,7-8H2,1-3H3. The predicted molar refractivity (Wildman–Crippen MR) is 85.7 cm³/mol. The van der Waals surface area contributed by atoms with Gasteiger partial charge in [-0.3, -0.25) is 0 Å². The molecule has 0 spiro atoms. The Balaban J connectivity index is 1.78. The van der Waals surface area contributed by atoms with Gasteiger partial charge < -0.3 is 14.8 Å². The summed E-state index contributed by atoms with van der Waals surface area (Å²) in [5.74, 6) is 1.65. The molecule has 1 N–H and O–H groups in total. The monoisotopic (exact) mass is 304 g/mol. The molecule has 0 amide bonds. The van der Waals surface area contributed by atoms with E-state index in [0.717, 1.165) is 40.9 Å². The molecule has 4 nitrogen and oxygen atoms in total. The van der Waals surface area contributed by atoms with Crippen molar-refractivity contribution in [2.24, 2.45) is 0 Å². The van der Waals surface area contributed by atoms with Gasteiger partial charge in [0.05, 0.1) is 30.0 Å². The quantitative estimate of drug-likeness (QED) is 0.927. The smallest absolute Gasteiger partial charge is 0.163 e. The minimum atomic E-state index is 0.223. The summed E-state index contributed by atoms with van der Waals surface area (Å²) in [6.07, 6.45) is 0.924. The highest BCUT2D eigenvalue weighted by Crippen LogP contribution is 2.34. The van der Waals surface area contributed by atoms with Gasteiger partial charge >= 0.3 is 0 Å². The predicted octanol–water partition coefficient (Wildman–Crippen LogP) is 4.09. The maximum Gasteiger partial charge on any atom is 0.163 e. The number of thiazole rings is 1. The van der Waals surface area contributed by atoms with Crippen molar-refractivity contribution < 1.29 is 9.47 Å². The third-order valence-corrected chi connectivity index (χ3v) is 4.72. The largest absolute Gasteiger partial charge is 0.490 e. The van der Waals surface area contributed by atoms with Crippen molar-refractivity contribution in [2.75, 3.05) is 18.5 Å². The number of benzene rings is 1. The van der Waals surface area contributed by atoms with Crippen molar-refractivity contribution in [1.29, 1.82) is 0 Å². The van der Waals surface area contributed by atoms with E-state index in [9.17, 15) is 0 Å².